The van der Waals surface area contributed by atoms with E-state index in [1.165, 1.54) is 12.8 Å². The normalized spacial score (nSPS) is 10.0. The molecule has 0 unspecified atom stereocenters. The Labute approximate surface area is 80.0 Å². The molecular formula is C11H17NO. The zero-order chi connectivity index (χ0) is 9.52. The van der Waals surface area contributed by atoms with Crippen molar-refractivity contribution in [2.24, 2.45) is 0 Å². The smallest absolute Gasteiger partial charge is 0.137 e. The summed E-state index contributed by atoms with van der Waals surface area (Å²) in [5, 5.41) is 0. The first-order chi connectivity index (χ1) is 6.36. The molecule has 1 aromatic rings. The van der Waals surface area contributed by atoms with Crippen LogP contribution < -0.4 is 4.74 Å². The Morgan fingerprint density at radius 2 is 2.15 bits per heavy atom. The second-order valence-corrected chi connectivity index (χ2v) is 3.02. The van der Waals surface area contributed by atoms with E-state index in [0.717, 1.165) is 17.9 Å². The van der Waals surface area contributed by atoms with Gasteiger partial charge in [0.05, 0.1) is 12.8 Å². The lowest BCUT2D eigenvalue weighted by atomic mass is 10.2. The maximum Gasteiger partial charge on any atom is 0.137 e. The summed E-state index contributed by atoms with van der Waals surface area (Å²) in [6, 6.07) is 4.03. The molecule has 0 bridgehead atoms. The molecule has 0 amide bonds. The highest BCUT2D eigenvalue weighted by atomic mass is 16.5. The minimum atomic E-state index is 0.704. The van der Waals surface area contributed by atoms with E-state index >= 15 is 0 Å². The van der Waals surface area contributed by atoms with Gasteiger partial charge in [0.15, 0.2) is 0 Å². The van der Waals surface area contributed by atoms with Crippen LogP contribution in [0.1, 0.15) is 32.4 Å². The van der Waals surface area contributed by atoms with Crippen LogP contribution in [0.2, 0.25) is 0 Å². The van der Waals surface area contributed by atoms with E-state index in [0.29, 0.717) is 6.61 Å². The van der Waals surface area contributed by atoms with E-state index in [1.54, 1.807) is 6.20 Å². The highest BCUT2D eigenvalue weighted by Crippen LogP contribution is 2.10. The van der Waals surface area contributed by atoms with Gasteiger partial charge in [0.1, 0.15) is 5.75 Å². The number of nitrogens with zero attached hydrogens (tertiary/aromatic N) is 1. The van der Waals surface area contributed by atoms with Crippen molar-refractivity contribution in [2.45, 2.75) is 33.1 Å². The van der Waals surface area contributed by atoms with Gasteiger partial charge in [-0.2, -0.15) is 0 Å². The quantitative estimate of drug-likeness (QED) is 0.693. The molecule has 0 atom stereocenters. The number of ether oxygens (including phenoxy) is 1. The van der Waals surface area contributed by atoms with Crippen molar-refractivity contribution in [2.75, 3.05) is 6.61 Å². The highest BCUT2D eigenvalue weighted by molar-refractivity contribution is 5.19. The van der Waals surface area contributed by atoms with Gasteiger partial charge in [-0.05, 0) is 31.9 Å². The maximum absolute atomic E-state index is 5.30. The number of hydrogen-bond donors (Lipinski definition) is 0. The van der Waals surface area contributed by atoms with Crippen LogP contribution in [-0.4, -0.2) is 11.6 Å². The third kappa shape index (κ3) is 3.45. The standard InChI is InChI=1S/C11H17NO/c1-3-5-6-10-7-8-11(9-12-10)13-4-2/h7-9H,3-6H2,1-2H3. The van der Waals surface area contributed by atoms with Gasteiger partial charge in [-0.25, -0.2) is 0 Å². The van der Waals surface area contributed by atoms with Crippen molar-refractivity contribution < 1.29 is 4.74 Å². The van der Waals surface area contributed by atoms with Gasteiger partial charge in [-0.1, -0.05) is 13.3 Å². The number of hydrogen-bond acceptors (Lipinski definition) is 2. The van der Waals surface area contributed by atoms with E-state index in [1.807, 2.05) is 19.1 Å². The number of unbranched alkanes of at least 4 members (excludes halogenated alkanes) is 1. The van der Waals surface area contributed by atoms with Crippen molar-refractivity contribution in [3.05, 3.63) is 24.0 Å². The molecule has 0 aliphatic heterocycles. The molecule has 1 rings (SSSR count). The molecule has 0 radical (unpaired) electrons. The third-order valence-electron chi connectivity index (χ3n) is 1.90. The number of pyridine rings is 1. The van der Waals surface area contributed by atoms with Gasteiger partial charge >= 0.3 is 0 Å². The van der Waals surface area contributed by atoms with E-state index in [9.17, 15) is 0 Å². The van der Waals surface area contributed by atoms with Crippen LogP contribution in [0.5, 0.6) is 5.75 Å². The Morgan fingerprint density at radius 1 is 1.31 bits per heavy atom. The predicted molar refractivity (Wildman–Crippen MR) is 54.0 cm³/mol. The average molecular weight is 179 g/mol. The van der Waals surface area contributed by atoms with Gasteiger partial charge in [-0.15, -0.1) is 0 Å². The summed E-state index contributed by atoms with van der Waals surface area (Å²) in [6.07, 6.45) is 5.30. The van der Waals surface area contributed by atoms with Crippen molar-refractivity contribution in [1.29, 1.82) is 0 Å². The minimum Gasteiger partial charge on any atom is -0.492 e. The molecule has 0 aromatic carbocycles. The molecule has 0 saturated heterocycles. The lowest BCUT2D eigenvalue weighted by Crippen LogP contribution is -1.94. The monoisotopic (exact) mass is 179 g/mol. The first kappa shape index (κ1) is 10.0. The second-order valence-electron chi connectivity index (χ2n) is 3.02. The van der Waals surface area contributed by atoms with E-state index in [4.69, 9.17) is 4.74 Å². The zero-order valence-electron chi connectivity index (χ0n) is 8.42. The Hall–Kier alpha value is -1.05. The van der Waals surface area contributed by atoms with Gasteiger partial charge in [-0.3, -0.25) is 4.98 Å². The van der Waals surface area contributed by atoms with Crippen LogP contribution in [-0.2, 0) is 6.42 Å². The Morgan fingerprint density at radius 3 is 2.69 bits per heavy atom. The summed E-state index contributed by atoms with van der Waals surface area (Å²) in [5.74, 6) is 0.864. The van der Waals surface area contributed by atoms with Crippen LogP contribution in [0, 0.1) is 0 Å². The predicted octanol–water partition coefficient (Wildman–Crippen LogP) is 2.82. The second kappa shape index (κ2) is 5.57. The summed E-state index contributed by atoms with van der Waals surface area (Å²) in [6.45, 7) is 4.87. The van der Waals surface area contributed by atoms with Crippen LogP contribution in [0.4, 0.5) is 0 Å². The molecule has 0 spiro atoms. The topological polar surface area (TPSA) is 22.1 Å². The Bertz CT molecular complexity index is 230. The van der Waals surface area contributed by atoms with Crippen LogP contribution in [0.25, 0.3) is 0 Å². The highest BCUT2D eigenvalue weighted by Gasteiger charge is 1.95. The fourth-order valence-electron chi connectivity index (χ4n) is 1.17. The molecular weight excluding hydrogens is 162 g/mol. The summed E-state index contributed by atoms with van der Waals surface area (Å²) < 4.78 is 5.30. The minimum absolute atomic E-state index is 0.704. The molecule has 0 fully saturated rings. The fraction of sp³-hybridized carbons (Fsp3) is 0.545. The van der Waals surface area contributed by atoms with Gasteiger partial charge in [0, 0.05) is 5.69 Å². The molecule has 1 aromatic heterocycles. The van der Waals surface area contributed by atoms with Gasteiger partial charge in [0.25, 0.3) is 0 Å². The van der Waals surface area contributed by atoms with Crippen LogP contribution in [0.3, 0.4) is 0 Å². The van der Waals surface area contributed by atoms with Gasteiger partial charge in [0.2, 0.25) is 0 Å². The van der Waals surface area contributed by atoms with Gasteiger partial charge < -0.3 is 4.74 Å². The molecule has 72 valence electrons. The number of aromatic nitrogens is 1. The number of rotatable bonds is 5. The molecule has 1 heterocycles. The largest absolute Gasteiger partial charge is 0.492 e. The summed E-state index contributed by atoms with van der Waals surface area (Å²) >= 11 is 0. The molecule has 13 heavy (non-hydrogen) atoms. The zero-order valence-corrected chi connectivity index (χ0v) is 8.42. The number of aryl methyl sites for hydroxylation is 1. The molecule has 2 nitrogen and oxygen atoms in total. The fourth-order valence-corrected chi connectivity index (χ4v) is 1.17. The summed E-state index contributed by atoms with van der Waals surface area (Å²) in [7, 11) is 0. The summed E-state index contributed by atoms with van der Waals surface area (Å²) in [5.41, 5.74) is 1.16. The molecule has 0 aliphatic carbocycles. The van der Waals surface area contributed by atoms with Crippen LogP contribution >= 0.6 is 0 Å². The van der Waals surface area contributed by atoms with E-state index in [2.05, 4.69) is 11.9 Å². The van der Waals surface area contributed by atoms with Crippen LogP contribution in [0.15, 0.2) is 18.3 Å². The SMILES string of the molecule is CCCCc1ccc(OCC)cn1. The average Bonchev–Trinajstić information content (AvgIpc) is 2.17. The first-order valence-electron chi connectivity index (χ1n) is 4.94. The molecule has 0 aliphatic rings. The summed E-state index contributed by atoms with van der Waals surface area (Å²) in [4.78, 5) is 4.31. The maximum atomic E-state index is 5.30. The van der Waals surface area contributed by atoms with Crippen molar-refractivity contribution in [3.8, 4) is 5.75 Å². The molecule has 0 N–H and O–H groups in total. The van der Waals surface area contributed by atoms with Crippen molar-refractivity contribution >= 4 is 0 Å². The van der Waals surface area contributed by atoms with Crippen molar-refractivity contribution in [3.63, 3.8) is 0 Å². The lowest BCUT2D eigenvalue weighted by molar-refractivity contribution is 0.338. The Balaban J connectivity index is 2.48. The molecule has 0 saturated carbocycles. The van der Waals surface area contributed by atoms with E-state index in [-0.39, 0.29) is 0 Å². The lowest BCUT2D eigenvalue weighted by Gasteiger charge is -2.03. The van der Waals surface area contributed by atoms with Crippen molar-refractivity contribution in [1.82, 2.24) is 4.98 Å². The third-order valence-corrected chi connectivity index (χ3v) is 1.90. The Kier molecular flexibility index (Phi) is 4.30. The first-order valence-corrected chi connectivity index (χ1v) is 4.94. The molecule has 2 heteroatoms. The van der Waals surface area contributed by atoms with E-state index < -0.39 is 0 Å².